The van der Waals surface area contributed by atoms with Crippen molar-refractivity contribution in [2.24, 2.45) is 0 Å². The third-order valence-electron chi connectivity index (χ3n) is 8.96. The predicted molar refractivity (Wildman–Crippen MR) is 197 cm³/mol. The highest BCUT2D eigenvalue weighted by Crippen LogP contribution is 2.34. The van der Waals surface area contributed by atoms with Gasteiger partial charge in [-0.05, 0) is 79.8 Å². The van der Waals surface area contributed by atoms with E-state index in [0.717, 1.165) is 63.1 Å². The first kappa shape index (κ1) is 36.1. The van der Waals surface area contributed by atoms with Gasteiger partial charge in [0.2, 0.25) is 11.8 Å². The predicted octanol–water partition coefficient (Wildman–Crippen LogP) is 7.36. The maximum absolute atomic E-state index is 14.8. The number of anilines is 1. The van der Waals surface area contributed by atoms with E-state index in [2.05, 4.69) is 21.2 Å². The summed E-state index contributed by atoms with van der Waals surface area (Å²) in [5.41, 5.74) is 3.63. The number of hydrogen-bond acceptors (Lipinski definition) is 5. The number of carbonyl (C=O) groups is 2. The number of hydrogen-bond donors (Lipinski definition) is 1. The Morgan fingerprint density at radius 3 is 2.20 bits per heavy atom. The molecule has 1 saturated carbocycles. The summed E-state index contributed by atoms with van der Waals surface area (Å²) in [5.74, 6) is -0.456. The van der Waals surface area contributed by atoms with Crippen molar-refractivity contribution in [3.63, 3.8) is 0 Å². The molecule has 1 aliphatic carbocycles. The number of nitrogens with one attached hydrogen (secondary N) is 1. The van der Waals surface area contributed by atoms with Crippen LogP contribution in [0.3, 0.4) is 0 Å². The van der Waals surface area contributed by atoms with Gasteiger partial charge in [-0.15, -0.1) is 0 Å². The first-order valence-corrected chi connectivity index (χ1v) is 18.9. The van der Waals surface area contributed by atoms with Crippen LogP contribution in [-0.4, -0.2) is 50.9 Å². The number of benzene rings is 4. The Bertz CT molecular complexity index is 1840. The SMILES string of the molecule is COc1ccc(C)cc1N(CC(=O)N(Cc1cccc(Br)c1)C(Cc1ccccc1)C(=O)NC1CCCCC1)S(=O)(=O)c1ccc(C)cc1. The lowest BCUT2D eigenvalue weighted by Gasteiger charge is -2.35. The molecule has 4 aromatic carbocycles. The number of nitrogens with zero attached hydrogens (tertiary/aromatic N) is 2. The molecule has 258 valence electrons. The topological polar surface area (TPSA) is 96.0 Å². The van der Waals surface area contributed by atoms with Crippen molar-refractivity contribution >= 4 is 43.5 Å². The second-order valence-electron chi connectivity index (χ2n) is 12.7. The molecule has 8 nitrogen and oxygen atoms in total. The molecule has 5 rings (SSSR count). The van der Waals surface area contributed by atoms with Crippen LogP contribution < -0.4 is 14.4 Å². The quantitative estimate of drug-likeness (QED) is 0.154. The monoisotopic (exact) mass is 745 g/mol. The number of amides is 2. The van der Waals surface area contributed by atoms with Gasteiger partial charge in [0, 0.05) is 23.5 Å². The van der Waals surface area contributed by atoms with Gasteiger partial charge in [0.05, 0.1) is 17.7 Å². The van der Waals surface area contributed by atoms with Crippen molar-refractivity contribution in [2.75, 3.05) is 18.0 Å². The van der Waals surface area contributed by atoms with Gasteiger partial charge in [-0.25, -0.2) is 8.42 Å². The minimum absolute atomic E-state index is 0.0253. The number of methoxy groups -OCH3 is 1. The number of halogens is 1. The Labute approximate surface area is 298 Å². The minimum atomic E-state index is -4.26. The third kappa shape index (κ3) is 9.30. The summed E-state index contributed by atoms with van der Waals surface area (Å²) in [5, 5.41) is 3.25. The van der Waals surface area contributed by atoms with Gasteiger partial charge < -0.3 is 15.0 Å². The number of aryl methyl sites for hydroxylation is 2. The van der Waals surface area contributed by atoms with Gasteiger partial charge in [0.25, 0.3) is 10.0 Å². The van der Waals surface area contributed by atoms with Gasteiger partial charge in [-0.3, -0.25) is 13.9 Å². The molecule has 0 bridgehead atoms. The van der Waals surface area contributed by atoms with Crippen molar-refractivity contribution in [3.05, 3.63) is 124 Å². The molecule has 1 fully saturated rings. The zero-order chi connectivity index (χ0) is 35.0. The van der Waals surface area contributed by atoms with Crippen LogP contribution in [-0.2, 0) is 32.6 Å². The molecular formula is C39H44BrN3O5S. The Kier molecular flexibility index (Phi) is 12.2. The van der Waals surface area contributed by atoms with E-state index in [-0.39, 0.29) is 35.5 Å². The lowest BCUT2D eigenvalue weighted by molar-refractivity contribution is -0.140. The normalized spacial score (nSPS) is 14.1. The Morgan fingerprint density at radius 1 is 0.857 bits per heavy atom. The fraction of sp³-hybridized carbons (Fsp3) is 0.333. The van der Waals surface area contributed by atoms with Gasteiger partial charge in [0.15, 0.2) is 0 Å². The zero-order valence-electron chi connectivity index (χ0n) is 28.3. The zero-order valence-corrected chi connectivity index (χ0v) is 30.7. The molecule has 1 N–H and O–H groups in total. The standard InChI is InChI=1S/C39H44BrN3O5S/c1-28-17-20-34(21-18-28)49(46,47)43(35-23-29(2)19-22-37(35)48-3)27-38(44)42(26-31-13-10-14-32(40)24-31)36(25-30-11-6-4-7-12-30)39(45)41-33-15-8-5-9-16-33/h4,6-7,10-14,17-24,33,36H,5,8-9,15-16,25-27H2,1-3H3,(H,41,45). The van der Waals surface area contributed by atoms with Crippen molar-refractivity contribution in [2.45, 2.75) is 75.9 Å². The van der Waals surface area contributed by atoms with Gasteiger partial charge in [-0.2, -0.15) is 0 Å². The maximum Gasteiger partial charge on any atom is 0.264 e. The average Bonchev–Trinajstić information content (AvgIpc) is 3.09. The highest BCUT2D eigenvalue weighted by atomic mass is 79.9. The summed E-state index contributed by atoms with van der Waals surface area (Å²) < 4.78 is 36.5. The molecule has 0 aliphatic heterocycles. The van der Waals surface area contributed by atoms with E-state index in [9.17, 15) is 18.0 Å². The van der Waals surface area contributed by atoms with Gasteiger partial charge >= 0.3 is 0 Å². The van der Waals surface area contributed by atoms with E-state index in [1.54, 1.807) is 36.4 Å². The summed E-state index contributed by atoms with van der Waals surface area (Å²) in [4.78, 5) is 30.7. The number of rotatable bonds is 13. The fourth-order valence-electron chi connectivity index (χ4n) is 6.28. The molecule has 0 saturated heterocycles. The highest BCUT2D eigenvalue weighted by molar-refractivity contribution is 9.10. The molecular weight excluding hydrogens is 702 g/mol. The van der Waals surface area contributed by atoms with Crippen LogP contribution in [0.4, 0.5) is 5.69 Å². The lowest BCUT2D eigenvalue weighted by atomic mass is 9.94. The van der Waals surface area contributed by atoms with Crippen molar-refractivity contribution in [1.29, 1.82) is 0 Å². The molecule has 4 aromatic rings. The molecule has 0 aromatic heterocycles. The summed E-state index contributed by atoms with van der Waals surface area (Å²) >= 11 is 3.54. The molecule has 1 unspecified atom stereocenters. The van der Waals surface area contributed by atoms with Crippen molar-refractivity contribution in [3.8, 4) is 5.75 Å². The molecule has 2 amide bonds. The number of ether oxygens (including phenoxy) is 1. The summed E-state index contributed by atoms with van der Waals surface area (Å²) in [6, 6.07) is 28.1. The molecule has 49 heavy (non-hydrogen) atoms. The molecule has 0 spiro atoms. The van der Waals surface area contributed by atoms with E-state index >= 15 is 0 Å². The number of sulfonamides is 1. The van der Waals surface area contributed by atoms with E-state index in [1.807, 2.05) is 74.5 Å². The van der Waals surface area contributed by atoms with Gasteiger partial charge in [0.1, 0.15) is 18.3 Å². The molecule has 1 aliphatic rings. The second kappa shape index (κ2) is 16.5. The molecule has 0 heterocycles. The van der Waals surface area contributed by atoms with Crippen LogP contribution in [0, 0.1) is 13.8 Å². The van der Waals surface area contributed by atoms with Crippen LogP contribution in [0.5, 0.6) is 5.75 Å². The highest BCUT2D eigenvalue weighted by Gasteiger charge is 2.36. The van der Waals surface area contributed by atoms with Crippen LogP contribution >= 0.6 is 15.9 Å². The van der Waals surface area contributed by atoms with E-state index in [0.29, 0.717) is 5.75 Å². The third-order valence-corrected chi connectivity index (χ3v) is 11.2. The number of carbonyl (C=O) groups excluding carboxylic acids is 2. The Morgan fingerprint density at radius 2 is 1.53 bits per heavy atom. The van der Waals surface area contributed by atoms with Crippen molar-refractivity contribution in [1.82, 2.24) is 10.2 Å². The Hall–Kier alpha value is -4.15. The second-order valence-corrected chi connectivity index (χ2v) is 15.5. The minimum Gasteiger partial charge on any atom is -0.495 e. The maximum atomic E-state index is 14.8. The smallest absolute Gasteiger partial charge is 0.264 e. The molecule has 1 atom stereocenters. The molecule has 10 heteroatoms. The summed E-state index contributed by atoms with van der Waals surface area (Å²) in [6.07, 6.45) is 5.26. The first-order valence-electron chi connectivity index (χ1n) is 16.7. The largest absolute Gasteiger partial charge is 0.495 e. The van der Waals surface area contributed by atoms with Crippen LogP contribution in [0.25, 0.3) is 0 Å². The van der Waals surface area contributed by atoms with E-state index < -0.39 is 28.5 Å². The van der Waals surface area contributed by atoms with Gasteiger partial charge in [-0.1, -0.05) is 101 Å². The fourth-order valence-corrected chi connectivity index (χ4v) is 8.14. The van der Waals surface area contributed by atoms with Crippen LogP contribution in [0.15, 0.2) is 106 Å². The van der Waals surface area contributed by atoms with Crippen LogP contribution in [0.2, 0.25) is 0 Å². The molecule has 0 radical (unpaired) electrons. The lowest BCUT2D eigenvalue weighted by Crippen LogP contribution is -2.55. The summed E-state index contributed by atoms with van der Waals surface area (Å²) in [7, 11) is -2.79. The van der Waals surface area contributed by atoms with Crippen LogP contribution in [0.1, 0.15) is 54.4 Å². The average molecular weight is 747 g/mol. The summed E-state index contributed by atoms with van der Waals surface area (Å²) in [6.45, 7) is 3.28. The Balaban J connectivity index is 1.60. The van der Waals surface area contributed by atoms with E-state index in [1.165, 1.54) is 12.0 Å². The van der Waals surface area contributed by atoms with E-state index in [4.69, 9.17) is 4.74 Å². The van der Waals surface area contributed by atoms with Crippen molar-refractivity contribution < 1.29 is 22.7 Å². The first-order chi connectivity index (χ1) is 23.5.